The van der Waals surface area contributed by atoms with Crippen molar-refractivity contribution in [2.24, 2.45) is 5.73 Å². The minimum Gasteiger partial charge on any atom is -0.332 e. The van der Waals surface area contributed by atoms with Gasteiger partial charge in [0.15, 0.2) is 17.5 Å². The zero-order valence-electron chi connectivity index (χ0n) is 14.8. The van der Waals surface area contributed by atoms with Gasteiger partial charge in [-0.2, -0.15) is 0 Å². The first-order valence-corrected chi connectivity index (χ1v) is 8.35. The highest BCUT2D eigenvalue weighted by molar-refractivity contribution is 5.95. The lowest BCUT2D eigenvalue weighted by molar-refractivity contribution is 0.0516. The monoisotopic (exact) mass is 399 g/mol. The number of benzene rings is 2. The van der Waals surface area contributed by atoms with Gasteiger partial charge in [0.1, 0.15) is 0 Å². The predicted molar refractivity (Wildman–Crippen MR) is 100 cm³/mol. The molecule has 3 rings (SSSR count). The van der Waals surface area contributed by atoms with Crippen LogP contribution in [0.2, 0.25) is 0 Å². The molecule has 0 spiro atoms. The Morgan fingerprint density at radius 2 is 1.67 bits per heavy atom. The molecule has 1 amide bonds. The summed E-state index contributed by atoms with van der Waals surface area (Å²) in [6, 6.07) is 8.19. The van der Waals surface area contributed by atoms with Crippen molar-refractivity contribution in [3.05, 3.63) is 59.4 Å². The smallest absolute Gasteiger partial charge is 0.254 e. The fourth-order valence-corrected chi connectivity index (χ4v) is 3.17. The molecule has 1 aliphatic rings. The molecule has 1 heterocycles. The van der Waals surface area contributed by atoms with Crippen LogP contribution in [0.4, 0.5) is 13.2 Å². The second kappa shape index (κ2) is 8.73. The molecular weight excluding hydrogens is 379 g/mol. The standard InChI is InChI=1S/C19H20F3N3O.ClH/c1-24-6-7-25(15(10-23)11-24)19(26)13-4-2-12(3-5-13)14-8-16(20)18(22)17(21)9-14;/h2-5,8-9,15H,6-7,10-11,23H2,1H3;1H. The molecule has 2 aromatic rings. The largest absolute Gasteiger partial charge is 0.332 e. The third-order valence-electron chi connectivity index (χ3n) is 4.67. The second-order valence-electron chi connectivity index (χ2n) is 6.48. The third kappa shape index (κ3) is 4.43. The number of rotatable bonds is 3. The van der Waals surface area contributed by atoms with Gasteiger partial charge in [0.05, 0.1) is 6.04 Å². The van der Waals surface area contributed by atoms with Crippen molar-refractivity contribution in [2.75, 3.05) is 33.2 Å². The van der Waals surface area contributed by atoms with E-state index in [0.29, 0.717) is 30.8 Å². The van der Waals surface area contributed by atoms with Crippen molar-refractivity contribution in [3.8, 4) is 11.1 Å². The van der Waals surface area contributed by atoms with Crippen molar-refractivity contribution in [1.29, 1.82) is 0 Å². The lowest BCUT2D eigenvalue weighted by Crippen LogP contribution is -2.56. The fraction of sp³-hybridized carbons (Fsp3) is 0.316. The highest BCUT2D eigenvalue weighted by Crippen LogP contribution is 2.24. The summed E-state index contributed by atoms with van der Waals surface area (Å²) in [6.07, 6.45) is 0. The molecule has 0 saturated carbocycles. The Hall–Kier alpha value is -2.09. The van der Waals surface area contributed by atoms with Gasteiger partial charge < -0.3 is 15.5 Å². The van der Waals surface area contributed by atoms with E-state index in [2.05, 4.69) is 4.90 Å². The van der Waals surface area contributed by atoms with Gasteiger partial charge in [-0.3, -0.25) is 4.79 Å². The Labute approximate surface area is 162 Å². The zero-order chi connectivity index (χ0) is 18.8. The topological polar surface area (TPSA) is 49.6 Å². The Kier molecular flexibility index (Phi) is 6.86. The van der Waals surface area contributed by atoms with E-state index >= 15 is 0 Å². The third-order valence-corrected chi connectivity index (χ3v) is 4.67. The molecule has 2 N–H and O–H groups in total. The average Bonchev–Trinajstić information content (AvgIpc) is 2.65. The summed E-state index contributed by atoms with van der Waals surface area (Å²) in [4.78, 5) is 16.6. The van der Waals surface area contributed by atoms with Crippen LogP contribution >= 0.6 is 12.4 Å². The number of carbonyl (C=O) groups is 1. The van der Waals surface area contributed by atoms with E-state index in [1.165, 1.54) is 0 Å². The minimum atomic E-state index is -1.50. The number of halogens is 4. The number of hydrogen-bond donors (Lipinski definition) is 1. The molecule has 0 aliphatic carbocycles. The lowest BCUT2D eigenvalue weighted by atomic mass is 10.0. The van der Waals surface area contributed by atoms with Gasteiger partial charge in [0.25, 0.3) is 5.91 Å². The van der Waals surface area contributed by atoms with Crippen LogP contribution in [0.15, 0.2) is 36.4 Å². The molecule has 1 atom stereocenters. The molecule has 0 aromatic heterocycles. The molecule has 4 nitrogen and oxygen atoms in total. The predicted octanol–water partition coefficient (Wildman–Crippen LogP) is 2.91. The van der Waals surface area contributed by atoms with E-state index in [1.54, 1.807) is 29.2 Å². The van der Waals surface area contributed by atoms with Gasteiger partial charge in [0.2, 0.25) is 0 Å². The normalized spacial score (nSPS) is 17.5. The number of carbonyl (C=O) groups excluding carboxylic acids is 1. The highest BCUT2D eigenvalue weighted by atomic mass is 35.5. The summed E-state index contributed by atoms with van der Waals surface area (Å²) in [5.41, 5.74) is 6.96. The number of amides is 1. The van der Waals surface area contributed by atoms with E-state index in [9.17, 15) is 18.0 Å². The number of nitrogens with two attached hydrogens (primary N) is 1. The van der Waals surface area contributed by atoms with E-state index in [0.717, 1.165) is 18.7 Å². The van der Waals surface area contributed by atoms with Crippen LogP contribution in [0.25, 0.3) is 11.1 Å². The summed E-state index contributed by atoms with van der Waals surface area (Å²) in [6.45, 7) is 2.46. The number of hydrogen-bond acceptors (Lipinski definition) is 3. The van der Waals surface area contributed by atoms with Crippen molar-refractivity contribution in [1.82, 2.24) is 9.80 Å². The first-order valence-electron chi connectivity index (χ1n) is 8.35. The Morgan fingerprint density at radius 3 is 2.22 bits per heavy atom. The van der Waals surface area contributed by atoms with Gasteiger partial charge in [-0.1, -0.05) is 12.1 Å². The van der Waals surface area contributed by atoms with Gasteiger partial charge in [-0.25, -0.2) is 13.2 Å². The average molecular weight is 400 g/mol. The van der Waals surface area contributed by atoms with E-state index < -0.39 is 17.5 Å². The Bertz CT molecular complexity index is 793. The molecule has 1 unspecified atom stereocenters. The first-order chi connectivity index (χ1) is 12.4. The Balaban J connectivity index is 0.00000261. The number of likely N-dealkylation sites (N-methyl/N-ethyl adjacent to an activating group) is 1. The van der Waals surface area contributed by atoms with Crippen LogP contribution in [0, 0.1) is 17.5 Å². The molecule has 0 bridgehead atoms. The maximum absolute atomic E-state index is 13.4. The molecular formula is C19H21ClF3N3O. The van der Waals surface area contributed by atoms with E-state index in [1.807, 2.05) is 7.05 Å². The molecule has 1 aliphatic heterocycles. The van der Waals surface area contributed by atoms with Gasteiger partial charge in [-0.05, 0) is 42.4 Å². The quantitative estimate of drug-likeness (QED) is 0.807. The molecule has 0 radical (unpaired) electrons. The van der Waals surface area contributed by atoms with Crippen LogP contribution in [-0.4, -0.2) is 55.0 Å². The van der Waals surface area contributed by atoms with Crippen molar-refractivity contribution in [2.45, 2.75) is 6.04 Å². The summed E-state index contributed by atoms with van der Waals surface area (Å²) in [7, 11) is 1.99. The molecule has 27 heavy (non-hydrogen) atoms. The van der Waals surface area contributed by atoms with E-state index in [-0.39, 0.29) is 29.9 Å². The fourth-order valence-electron chi connectivity index (χ4n) is 3.17. The molecule has 1 fully saturated rings. The van der Waals surface area contributed by atoms with Crippen molar-refractivity contribution in [3.63, 3.8) is 0 Å². The van der Waals surface area contributed by atoms with Crippen molar-refractivity contribution < 1.29 is 18.0 Å². The minimum absolute atomic E-state index is 0. The van der Waals surface area contributed by atoms with Gasteiger partial charge in [0, 0.05) is 31.7 Å². The number of nitrogens with zero attached hydrogens (tertiary/aromatic N) is 2. The van der Waals surface area contributed by atoms with Crippen LogP contribution < -0.4 is 5.73 Å². The van der Waals surface area contributed by atoms with Crippen LogP contribution in [0.3, 0.4) is 0 Å². The number of piperazine rings is 1. The highest BCUT2D eigenvalue weighted by Gasteiger charge is 2.28. The maximum Gasteiger partial charge on any atom is 0.254 e. The lowest BCUT2D eigenvalue weighted by Gasteiger charge is -2.39. The molecule has 2 aromatic carbocycles. The molecule has 1 saturated heterocycles. The van der Waals surface area contributed by atoms with Crippen LogP contribution in [-0.2, 0) is 0 Å². The second-order valence-corrected chi connectivity index (χ2v) is 6.48. The summed E-state index contributed by atoms with van der Waals surface area (Å²) in [5, 5.41) is 0. The van der Waals surface area contributed by atoms with E-state index in [4.69, 9.17) is 5.73 Å². The SMILES string of the molecule is CN1CCN(C(=O)c2ccc(-c3cc(F)c(F)c(F)c3)cc2)C(CN)C1.Cl. The summed E-state index contributed by atoms with van der Waals surface area (Å²) in [5.74, 6) is -4.12. The van der Waals surface area contributed by atoms with Gasteiger partial charge in [-0.15, -0.1) is 12.4 Å². The molecule has 146 valence electrons. The summed E-state index contributed by atoms with van der Waals surface area (Å²) >= 11 is 0. The van der Waals surface area contributed by atoms with Crippen LogP contribution in [0.5, 0.6) is 0 Å². The molecule has 8 heteroatoms. The van der Waals surface area contributed by atoms with Gasteiger partial charge >= 0.3 is 0 Å². The zero-order valence-corrected chi connectivity index (χ0v) is 15.6. The first kappa shape index (κ1) is 21.2. The summed E-state index contributed by atoms with van der Waals surface area (Å²) < 4.78 is 39.9. The Morgan fingerprint density at radius 1 is 1.07 bits per heavy atom. The van der Waals surface area contributed by atoms with Crippen molar-refractivity contribution >= 4 is 18.3 Å². The maximum atomic E-state index is 13.4. The van der Waals surface area contributed by atoms with Crippen LogP contribution in [0.1, 0.15) is 10.4 Å².